The van der Waals surface area contributed by atoms with Gasteiger partial charge in [-0.2, -0.15) is 0 Å². The first-order valence-electron chi connectivity index (χ1n) is 9.73. The molecule has 0 aliphatic heterocycles. The molecule has 0 bridgehead atoms. The van der Waals surface area contributed by atoms with Crippen molar-refractivity contribution in [1.82, 2.24) is 20.3 Å². The quantitative estimate of drug-likeness (QED) is 0.194. The molecule has 168 valence electrons. The Morgan fingerprint density at radius 2 is 1.87 bits per heavy atom. The zero-order valence-corrected chi connectivity index (χ0v) is 20.6. The Morgan fingerprint density at radius 3 is 2.55 bits per heavy atom. The average molecular weight is 559 g/mol. The lowest BCUT2D eigenvalue weighted by atomic mass is 10.1. The van der Waals surface area contributed by atoms with Crippen LogP contribution >= 0.6 is 24.0 Å². The molecule has 0 radical (unpaired) electrons. The predicted octanol–water partition coefficient (Wildman–Crippen LogP) is 3.13. The van der Waals surface area contributed by atoms with Gasteiger partial charge < -0.3 is 15.6 Å². The number of nitrogens with zero attached hydrogens (tertiary/aromatic N) is 1. The summed E-state index contributed by atoms with van der Waals surface area (Å²) in [4.78, 5) is 7.93. The molecule has 1 heterocycles. The summed E-state index contributed by atoms with van der Waals surface area (Å²) < 4.78 is 39.4. The lowest BCUT2D eigenvalue weighted by molar-refractivity contribution is 0.588. The van der Waals surface area contributed by atoms with Crippen LogP contribution in [0.1, 0.15) is 18.1 Å². The minimum absolute atomic E-state index is 0. The molecule has 0 amide bonds. The summed E-state index contributed by atoms with van der Waals surface area (Å²) >= 11 is 0. The van der Waals surface area contributed by atoms with Crippen LogP contribution in [0.25, 0.3) is 10.9 Å². The highest BCUT2D eigenvalue weighted by Gasteiger charge is 2.10. The molecule has 0 aliphatic rings. The van der Waals surface area contributed by atoms with Crippen LogP contribution in [0.15, 0.2) is 58.5 Å². The molecular weight excluding hydrogens is 532 g/mol. The summed E-state index contributed by atoms with van der Waals surface area (Å²) in [7, 11) is -2.06. The molecule has 31 heavy (non-hydrogen) atoms. The Bertz CT molecular complexity index is 1130. The number of halogens is 2. The lowest BCUT2D eigenvalue weighted by Gasteiger charge is -2.11. The number of hydrogen-bond acceptors (Lipinski definition) is 3. The monoisotopic (exact) mass is 559 g/mol. The molecule has 0 saturated heterocycles. The third kappa shape index (κ3) is 6.65. The highest BCUT2D eigenvalue weighted by Crippen LogP contribution is 2.19. The summed E-state index contributed by atoms with van der Waals surface area (Å²) in [6.45, 7) is 3.74. The first kappa shape index (κ1) is 25.1. The van der Waals surface area contributed by atoms with E-state index in [2.05, 4.69) is 25.3 Å². The molecular formula is C21H27FIN5O2S. The van der Waals surface area contributed by atoms with Gasteiger partial charge in [0.05, 0.1) is 11.4 Å². The van der Waals surface area contributed by atoms with Gasteiger partial charge in [0.2, 0.25) is 10.0 Å². The van der Waals surface area contributed by atoms with Crippen LogP contribution in [-0.4, -0.2) is 39.5 Å². The number of H-pyrrole nitrogens is 1. The van der Waals surface area contributed by atoms with E-state index in [9.17, 15) is 12.8 Å². The number of sulfonamides is 1. The fourth-order valence-electron chi connectivity index (χ4n) is 3.08. The van der Waals surface area contributed by atoms with Crippen LogP contribution < -0.4 is 15.4 Å². The molecule has 2 aromatic carbocycles. The van der Waals surface area contributed by atoms with Crippen molar-refractivity contribution in [3.05, 3.63) is 65.6 Å². The van der Waals surface area contributed by atoms with Crippen LogP contribution in [0.2, 0.25) is 0 Å². The summed E-state index contributed by atoms with van der Waals surface area (Å²) in [5.41, 5.74) is 2.85. The first-order chi connectivity index (χ1) is 14.4. The predicted molar refractivity (Wildman–Crippen MR) is 133 cm³/mol. The van der Waals surface area contributed by atoms with E-state index in [4.69, 9.17) is 0 Å². The van der Waals surface area contributed by atoms with Crippen molar-refractivity contribution in [1.29, 1.82) is 0 Å². The van der Waals surface area contributed by atoms with Crippen molar-refractivity contribution < 1.29 is 12.8 Å². The second-order valence-electron chi connectivity index (χ2n) is 6.73. The minimum Gasteiger partial charge on any atom is -0.361 e. The number of guanidine groups is 1. The zero-order valence-electron chi connectivity index (χ0n) is 17.4. The van der Waals surface area contributed by atoms with E-state index in [-0.39, 0.29) is 34.7 Å². The molecule has 0 fully saturated rings. The summed E-state index contributed by atoms with van der Waals surface area (Å²) in [6.07, 6.45) is 2.61. The number of aliphatic imine (C=N–C) groups is 1. The average Bonchev–Trinajstić information content (AvgIpc) is 3.14. The number of hydrogen-bond donors (Lipinski definition) is 4. The van der Waals surface area contributed by atoms with E-state index in [1.54, 1.807) is 36.4 Å². The highest BCUT2D eigenvalue weighted by atomic mass is 127. The molecule has 7 nitrogen and oxygen atoms in total. The van der Waals surface area contributed by atoms with E-state index in [0.29, 0.717) is 32.0 Å². The van der Waals surface area contributed by atoms with Gasteiger partial charge in [0.25, 0.3) is 0 Å². The molecule has 0 saturated carbocycles. The Balaban J connectivity index is 0.00000341. The van der Waals surface area contributed by atoms with Crippen LogP contribution in [-0.2, 0) is 23.0 Å². The maximum absolute atomic E-state index is 13.5. The Morgan fingerprint density at radius 1 is 1.13 bits per heavy atom. The van der Waals surface area contributed by atoms with Gasteiger partial charge in [-0.05, 0) is 61.9 Å². The SMILES string of the molecule is CCNC(=NCc1ccc(S(=O)(=O)NC)cc1)NCCc1c[nH]c2ccc(F)cc12.I. The Labute approximate surface area is 199 Å². The smallest absolute Gasteiger partial charge is 0.240 e. The minimum atomic E-state index is -3.44. The number of fused-ring (bicyclic) bond motifs is 1. The number of benzene rings is 2. The van der Waals surface area contributed by atoms with Gasteiger partial charge in [-0.1, -0.05) is 12.1 Å². The maximum Gasteiger partial charge on any atom is 0.240 e. The summed E-state index contributed by atoms with van der Waals surface area (Å²) in [5, 5.41) is 7.35. The van der Waals surface area contributed by atoms with Crippen LogP contribution in [0.5, 0.6) is 0 Å². The molecule has 0 spiro atoms. The van der Waals surface area contributed by atoms with Gasteiger partial charge in [0.15, 0.2) is 5.96 Å². The molecule has 3 aromatic rings. The van der Waals surface area contributed by atoms with Crippen molar-refractivity contribution in [3.63, 3.8) is 0 Å². The second-order valence-corrected chi connectivity index (χ2v) is 8.61. The molecule has 10 heteroatoms. The van der Waals surface area contributed by atoms with E-state index in [0.717, 1.165) is 22.0 Å². The maximum atomic E-state index is 13.5. The second kappa shape index (κ2) is 11.4. The molecule has 3 rings (SSSR count). The molecule has 0 aliphatic carbocycles. The van der Waals surface area contributed by atoms with E-state index in [1.165, 1.54) is 13.1 Å². The van der Waals surface area contributed by atoms with Gasteiger partial charge in [0.1, 0.15) is 5.82 Å². The fraction of sp³-hybridized carbons (Fsp3) is 0.286. The molecule has 0 atom stereocenters. The fourth-order valence-corrected chi connectivity index (χ4v) is 3.81. The standard InChI is InChI=1S/C21H26FN5O2S.HI/c1-3-24-21(27-13-15-4-7-18(8-5-15)30(28,29)23-2)25-11-10-16-14-26-20-9-6-17(22)12-19(16)20;/h4-9,12,14,23,26H,3,10-11,13H2,1-2H3,(H2,24,25,27);1H. The Hall–Kier alpha value is -2.18. The number of nitrogens with one attached hydrogen (secondary N) is 4. The van der Waals surface area contributed by atoms with Crippen molar-refractivity contribution >= 4 is 50.9 Å². The van der Waals surface area contributed by atoms with E-state index >= 15 is 0 Å². The molecule has 1 aromatic heterocycles. The summed E-state index contributed by atoms with van der Waals surface area (Å²) in [6, 6.07) is 11.3. The van der Waals surface area contributed by atoms with Crippen molar-refractivity contribution in [2.24, 2.45) is 4.99 Å². The van der Waals surface area contributed by atoms with Crippen LogP contribution in [0.3, 0.4) is 0 Å². The normalized spacial score (nSPS) is 11.9. The molecule has 0 unspecified atom stereocenters. The van der Waals surface area contributed by atoms with Gasteiger partial charge in [-0.25, -0.2) is 22.5 Å². The van der Waals surface area contributed by atoms with Crippen LogP contribution in [0.4, 0.5) is 4.39 Å². The van der Waals surface area contributed by atoms with E-state index < -0.39 is 10.0 Å². The number of rotatable bonds is 8. The lowest BCUT2D eigenvalue weighted by Crippen LogP contribution is -2.38. The van der Waals surface area contributed by atoms with Gasteiger partial charge >= 0.3 is 0 Å². The zero-order chi connectivity index (χ0) is 21.6. The third-order valence-corrected chi connectivity index (χ3v) is 6.11. The van der Waals surface area contributed by atoms with Crippen molar-refractivity contribution in [2.75, 3.05) is 20.1 Å². The van der Waals surface area contributed by atoms with Gasteiger partial charge in [-0.3, -0.25) is 0 Å². The number of aromatic amines is 1. The third-order valence-electron chi connectivity index (χ3n) is 4.68. The summed E-state index contributed by atoms with van der Waals surface area (Å²) in [5.74, 6) is 0.412. The highest BCUT2D eigenvalue weighted by molar-refractivity contribution is 14.0. The van der Waals surface area contributed by atoms with Gasteiger partial charge in [-0.15, -0.1) is 24.0 Å². The van der Waals surface area contributed by atoms with E-state index in [1.807, 2.05) is 13.1 Å². The largest absolute Gasteiger partial charge is 0.361 e. The first-order valence-corrected chi connectivity index (χ1v) is 11.2. The Kier molecular flexibility index (Phi) is 9.26. The number of aromatic nitrogens is 1. The van der Waals surface area contributed by atoms with Crippen LogP contribution in [0, 0.1) is 5.82 Å². The molecule has 4 N–H and O–H groups in total. The van der Waals surface area contributed by atoms with Crippen molar-refractivity contribution in [3.8, 4) is 0 Å². The topological polar surface area (TPSA) is 98.4 Å². The van der Waals surface area contributed by atoms with Crippen molar-refractivity contribution in [2.45, 2.75) is 24.8 Å². The van der Waals surface area contributed by atoms with Gasteiger partial charge in [0, 0.05) is 30.2 Å².